The molecule has 0 radical (unpaired) electrons. The number of carbonyl (C=O) groups excluding carboxylic acids is 1. The van der Waals surface area contributed by atoms with Crippen LogP contribution in [0, 0.1) is 0 Å². The van der Waals surface area contributed by atoms with Crippen LogP contribution in [0.3, 0.4) is 0 Å². The van der Waals surface area contributed by atoms with E-state index in [1.807, 2.05) is 42.2 Å². The number of fused-ring (bicyclic) bond motifs is 1. The van der Waals surface area contributed by atoms with E-state index in [4.69, 9.17) is 0 Å². The third kappa shape index (κ3) is 4.19. The first-order valence-electron chi connectivity index (χ1n) is 8.97. The van der Waals surface area contributed by atoms with Gasteiger partial charge in [-0.1, -0.05) is 37.3 Å². The van der Waals surface area contributed by atoms with Gasteiger partial charge in [-0.2, -0.15) is 8.42 Å². The normalized spacial score (nSPS) is 15.0. The fourth-order valence-corrected chi connectivity index (χ4v) is 4.37. The first kappa shape index (κ1) is 19.1. The summed E-state index contributed by atoms with van der Waals surface area (Å²) >= 11 is 0. The zero-order valence-electron chi connectivity index (χ0n) is 15.5. The number of benzene rings is 2. The van der Waals surface area contributed by atoms with E-state index in [-0.39, 0.29) is 10.8 Å². The molecule has 7 heteroatoms. The second-order valence-corrected chi connectivity index (χ2v) is 8.01. The van der Waals surface area contributed by atoms with E-state index in [2.05, 4.69) is 9.71 Å². The Hall–Kier alpha value is -2.67. The number of carbonyl (C=O) groups is 1. The monoisotopic (exact) mass is 385 g/mol. The highest BCUT2D eigenvalue weighted by atomic mass is 32.2. The van der Waals surface area contributed by atoms with Gasteiger partial charge in [0.1, 0.15) is 10.7 Å². The van der Waals surface area contributed by atoms with Crippen LogP contribution in [0.4, 0.5) is 5.69 Å². The van der Waals surface area contributed by atoms with Gasteiger partial charge in [-0.25, -0.2) is 0 Å². The highest BCUT2D eigenvalue weighted by molar-refractivity contribution is 7.90. The van der Waals surface area contributed by atoms with Crippen molar-refractivity contribution in [3.05, 3.63) is 59.7 Å². The van der Waals surface area contributed by atoms with Crippen LogP contribution < -0.4 is 10.2 Å². The number of amidine groups is 1. The molecule has 0 aromatic heterocycles. The Labute approximate surface area is 160 Å². The van der Waals surface area contributed by atoms with Crippen LogP contribution in [0.2, 0.25) is 0 Å². The van der Waals surface area contributed by atoms with Crippen molar-refractivity contribution in [2.75, 3.05) is 18.0 Å². The lowest BCUT2D eigenvalue weighted by molar-refractivity contribution is 0.0954. The summed E-state index contributed by atoms with van der Waals surface area (Å²) in [5.74, 6) is 0.154. The van der Waals surface area contributed by atoms with Crippen LogP contribution in [0.5, 0.6) is 0 Å². The molecule has 27 heavy (non-hydrogen) atoms. The molecule has 1 aliphatic rings. The molecule has 1 amide bonds. The number of hydrogen-bond acceptors (Lipinski definition) is 4. The standard InChI is InChI=1S/C20H23N3O3S/c1-3-13-23-15(2)22-27(25,26)19-14-17(9-10-18(19)23)20(24)21-12-11-16-7-5-4-6-8-16/h4-10,14H,3,11-13H2,1-2H3,(H,21,24). The molecule has 6 nitrogen and oxygen atoms in total. The molecule has 0 atom stereocenters. The van der Waals surface area contributed by atoms with Crippen molar-refractivity contribution >= 4 is 27.5 Å². The molecule has 0 spiro atoms. The molecule has 0 bridgehead atoms. The summed E-state index contributed by atoms with van der Waals surface area (Å²) in [6, 6.07) is 14.6. The van der Waals surface area contributed by atoms with Crippen LogP contribution in [0.15, 0.2) is 57.8 Å². The van der Waals surface area contributed by atoms with Crippen LogP contribution in [0.25, 0.3) is 0 Å². The number of rotatable bonds is 6. The van der Waals surface area contributed by atoms with Gasteiger partial charge in [0.05, 0.1) is 5.69 Å². The fourth-order valence-electron chi connectivity index (χ4n) is 3.10. The lowest BCUT2D eigenvalue weighted by atomic mass is 10.1. The third-order valence-electron chi connectivity index (χ3n) is 4.42. The Balaban J connectivity index is 1.78. The van der Waals surface area contributed by atoms with Gasteiger partial charge >= 0.3 is 0 Å². The molecule has 1 aliphatic heterocycles. The van der Waals surface area contributed by atoms with Gasteiger partial charge in [0.15, 0.2) is 0 Å². The minimum atomic E-state index is -3.80. The number of sulfonamides is 1. The van der Waals surface area contributed by atoms with Crippen molar-refractivity contribution in [2.45, 2.75) is 31.6 Å². The quantitative estimate of drug-likeness (QED) is 0.829. The maximum absolute atomic E-state index is 12.5. The van der Waals surface area contributed by atoms with Crippen molar-refractivity contribution < 1.29 is 13.2 Å². The first-order valence-corrected chi connectivity index (χ1v) is 10.4. The van der Waals surface area contributed by atoms with E-state index >= 15 is 0 Å². The van der Waals surface area contributed by atoms with Crippen molar-refractivity contribution in [2.24, 2.45) is 4.40 Å². The molecule has 0 saturated heterocycles. The molecule has 142 valence electrons. The van der Waals surface area contributed by atoms with Crippen molar-refractivity contribution in [3.63, 3.8) is 0 Å². The number of amides is 1. The minimum absolute atomic E-state index is 0.0808. The third-order valence-corrected chi connectivity index (χ3v) is 5.81. The van der Waals surface area contributed by atoms with Crippen LogP contribution in [-0.4, -0.2) is 33.3 Å². The Morgan fingerprint density at radius 2 is 1.89 bits per heavy atom. The van der Waals surface area contributed by atoms with Crippen molar-refractivity contribution in [1.29, 1.82) is 0 Å². The summed E-state index contributed by atoms with van der Waals surface area (Å²) in [6.45, 7) is 4.84. The molecule has 3 rings (SSSR count). The van der Waals surface area contributed by atoms with Gasteiger partial charge in [0.25, 0.3) is 15.9 Å². The van der Waals surface area contributed by atoms with E-state index in [9.17, 15) is 13.2 Å². The Bertz CT molecular complexity index is 969. The maximum atomic E-state index is 12.5. The average molecular weight is 385 g/mol. The summed E-state index contributed by atoms with van der Waals surface area (Å²) in [5, 5.41) is 2.84. The van der Waals surface area contributed by atoms with Gasteiger partial charge in [0, 0.05) is 18.7 Å². The largest absolute Gasteiger partial charge is 0.352 e. The maximum Gasteiger partial charge on any atom is 0.286 e. The van der Waals surface area contributed by atoms with Gasteiger partial charge < -0.3 is 10.2 Å². The topological polar surface area (TPSA) is 78.8 Å². The van der Waals surface area contributed by atoms with E-state index < -0.39 is 10.0 Å². The Morgan fingerprint density at radius 3 is 2.59 bits per heavy atom. The molecule has 0 unspecified atom stereocenters. The summed E-state index contributed by atoms with van der Waals surface area (Å²) < 4.78 is 28.8. The van der Waals surface area contributed by atoms with E-state index in [1.165, 1.54) is 6.07 Å². The summed E-state index contributed by atoms with van der Waals surface area (Å²) in [6.07, 6.45) is 1.57. The molecular formula is C20H23N3O3S. The van der Waals surface area contributed by atoms with Gasteiger partial charge in [-0.3, -0.25) is 4.79 Å². The van der Waals surface area contributed by atoms with Gasteiger partial charge in [-0.05, 0) is 43.5 Å². The lowest BCUT2D eigenvalue weighted by Gasteiger charge is -2.29. The van der Waals surface area contributed by atoms with E-state index in [0.29, 0.717) is 36.6 Å². The summed E-state index contributed by atoms with van der Waals surface area (Å²) in [7, 11) is -3.80. The van der Waals surface area contributed by atoms with Crippen LogP contribution in [-0.2, 0) is 16.4 Å². The zero-order chi connectivity index (χ0) is 19.4. The highest BCUT2D eigenvalue weighted by Gasteiger charge is 2.29. The van der Waals surface area contributed by atoms with E-state index in [1.54, 1.807) is 19.1 Å². The second-order valence-electron chi connectivity index (χ2n) is 6.44. The SMILES string of the molecule is CCCN1C(C)=NS(=O)(=O)c2cc(C(=O)NCCc3ccccc3)ccc21. The van der Waals surface area contributed by atoms with Gasteiger partial charge in [0.2, 0.25) is 0 Å². The number of nitrogens with zero attached hydrogens (tertiary/aromatic N) is 2. The second kappa shape index (κ2) is 7.92. The molecule has 1 N–H and O–H groups in total. The van der Waals surface area contributed by atoms with E-state index in [0.717, 1.165) is 12.0 Å². The minimum Gasteiger partial charge on any atom is -0.352 e. The van der Waals surface area contributed by atoms with Crippen molar-refractivity contribution in [1.82, 2.24) is 5.32 Å². The van der Waals surface area contributed by atoms with Gasteiger partial charge in [-0.15, -0.1) is 4.40 Å². The predicted molar refractivity (Wildman–Crippen MR) is 107 cm³/mol. The number of anilines is 1. The zero-order valence-corrected chi connectivity index (χ0v) is 16.3. The van der Waals surface area contributed by atoms with Crippen molar-refractivity contribution in [3.8, 4) is 0 Å². The molecular weight excluding hydrogens is 362 g/mol. The molecule has 0 fully saturated rings. The molecule has 1 heterocycles. The average Bonchev–Trinajstić information content (AvgIpc) is 2.65. The fraction of sp³-hybridized carbons (Fsp3) is 0.300. The highest BCUT2D eigenvalue weighted by Crippen LogP contribution is 2.32. The first-order chi connectivity index (χ1) is 12.9. The molecule has 2 aromatic carbocycles. The number of hydrogen-bond donors (Lipinski definition) is 1. The Kier molecular flexibility index (Phi) is 5.60. The predicted octanol–water partition coefficient (Wildman–Crippen LogP) is 3.00. The van der Waals surface area contributed by atoms with Crippen LogP contribution >= 0.6 is 0 Å². The van der Waals surface area contributed by atoms with Crippen LogP contribution in [0.1, 0.15) is 36.2 Å². The molecule has 0 aliphatic carbocycles. The lowest BCUT2D eigenvalue weighted by Crippen LogP contribution is -2.35. The smallest absolute Gasteiger partial charge is 0.286 e. The number of nitrogens with one attached hydrogen (secondary N) is 1. The summed E-state index contributed by atoms with van der Waals surface area (Å²) in [5.41, 5.74) is 2.02. The summed E-state index contributed by atoms with van der Waals surface area (Å²) in [4.78, 5) is 14.4. The molecule has 0 saturated carbocycles. The Morgan fingerprint density at radius 1 is 1.15 bits per heavy atom. The molecule has 2 aromatic rings.